The van der Waals surface area contributed by atoms with Gasteiger partial charge in [0.2, 0.25) is 11.9 Å². The molecule has 4 N–H and O–H groups in total. The van der Waals surface area contributed by atoms with Crippen molar-refractivity contribution in [3.8, 4) is 0 Å². The number of aryl methyl sites for hydroxylation is 1. The highest BCUT2D eigenvalue weighted by molar-refractivity contribution is 5.84. The molecule has 2 aliphatic rings. The minimum absolute atomic E-state index is 0.0402. The summed E-state index contributed by atoms with van der Waals surface area (Å²) in [7, 11) is 0. The van der Waals surface area contributed by atoms with Crippen molar-refractivity contribution in [2.75, 3.05) is 56.0 Å². The summed E-state index contributed by atoms with van der Waals surface area (Å²) in [6.45, 7) is 6.88. The van der Waals surface area contributed by atoms with Crippen LogP contribution in [0, 0.1) is 0 Å². The molecule has 0 radical (unpaired) electrons. The van der Waals surface area contributed by atoms with E-state index in [0.29, 0.717) is 63.0 Å². The minimum Gasteiger partial charge on any atom is -0.461 e. The molecule has 4 aromatic rings. The molecular formula is C36H52N12O3. The Balaban J connectivity index is 0.886. The average Bonchev–Trinajstić information content (AvgIpc) is 3.85. The fourth-order valence-electron chi connectivity index (χ4n) is 6.62. The number of piperazine rings is 1. The van der Waals surface area contributed by atoms with E-state index in [-0.39, 0.29) is 24.9 Å². The molecule has 0 spiro atoms. The van der Waals surface area contributed by atoms with Crippen LogP contribution in [-0.2, 0) is 34.0 Å². The predicted molar refractivity (Wildman–Crippen MR) is 195 cm³/mol. The molecule has 0 atom stereocenters. The van der Waals surface area contributed by atoms with Gasteiger partial charge in [-0.3, -0.25) is 14.3 Å². The monoisotopic (exact) mass is 700 g/mol. The number of hydrogen-bond acceptors (Lipinski definition) is 12. The number of benzene rings is 1. The molecule has 2 fully saturated rings. The number of ether oxygens (including phenoxy) is 1. The van der Waals surface area contributed by atoms with E-state index in [1.165, 1.54) is 32.1 Å². The van der Waals surface area contributed by atoms with Crippen molar-refractivity contribution < 1.29 is 14.3 Å². The Morgan fingerprint density at radius 1 is 0.922 bits per heavy atom. The van der Waals surface area contributed by atoms with E-state index < -0.39 is 0 Å². The van der Waals surface area contributed by atoms with Gasteiger partial charge in [-0.2, -0.15) is 9.97 Å². The van der Waals surface area contributed by atoms with Gasteiger partial charge in [0.15, 0.2) is 11.5 Å². The Bertz CT molecular complexity index is 1650. The van der Waals surface area contributed by atoms with Gasteiger partial charge in [0, 0.05) is 51.6 Å². The van der Waals surface area contributed by atoms with Crippen LogP contribution in [0.3, 0.4) is 0 Å². The van der Waals surface area contributed by atoms with E-state index in [1.807, 2.05) is 46.1 Å². The summed E-state index contributed by atoms with van der Waals surface area (Å²) in [4.78, 5) is 45.9. The van der Waals surface area contributed by atoms with Crippen molar-refractivity contribution in [2.45, 2.75) is 89.9 Å². The lowest BCUT2D eigenvalue weighted by Crippen LogP contribution is -2.49. The second-order valence-corrected chi connectivity index (χ2v) is 13.4. The second-order valence-electron chi connectivity index (χ2n) is 13.4. The van der Waals surface area contributed by atoms with Gasteiger partial charge in [0.05, 0.1) is 19.1 Å². The normalized spacial score (nSPS) is 15.4. The maximum absolute atomic E-state index is 12.9. The quantitative estimate of drug-likeness (QED) is 0.0832. The van der Waals surface area contributed by atoms with Crippen LogP contribution in [0.2, 0.25) is 0 Å². The molecule has 0 bridgehead atoms. The van der Waals surface area contributed by atoms with E-state index in [4.69, 9.17) is 9.72 Å². The summed E-state index contributed by atoms with van der Waals surface area (Å²) in [5.41, 5.74) is 3.06. The maximum Gasteiger partial charge on any atom is 0.306 e. The lowest BCUT2D eigenvalue weighted by Gasteiger charge is -2.34. The van der Waals surface area contributed by atoms with Crippen molar-refractivity contribution in [3.05, 3.63) is 54.1 Å². The molecule has 3 aromatic heterocycles. The zero-order chi connectivity index (χ0) is 35.1. The SMILES string of the molecule is O=C(CCCC(=O)N1CCN(c2nc(NCc3cn(CCCNCCCNC4CCCCC4)nn3)c3[nH]cnc3n2)CC1)OCc1ccccc1. The van der Waals surface area contributed by atoms with Gasteiger partial charge in [-0.05, 0) is 57.3 Å². The number of H-pyrrole nitrogens is 1. The van der Waals surface area contributed by atoms with Gasteiger partial charge < -0.3 is 35.5 Å². The van der Waals surface area contributed by atoms with Gasteiger partial charge in [-0.15, -0.1) is 5.10 Å². The molecular weight excluding hydrogens is 648 g/mol. The van der Waals surface area contributed by atoms with Crippen LogP contribution in [0.5, 0.6) is 0 Å². The van der Waals surface area contributed by atoms with Gasteiger partial charge in [-0.25, -0.2) is 4.98 Å². The van der Waals surface area contributed by atoms with E-state index in [0.717, 1.165) is 61.8 Å². The van der Waals surface area contributed by atoms with Gasteiger partial charge in [0.25, 0.3) is 0 Å². The van der Waals surface area contributed by atoms with Crippen molar-refractivity contribution in [1.29, 1.82) is 0 Å². The first-order valence-electron chi connectivity index (χ1n) is 18.6. The Labute approximate surface area is 299 Å². The van der Waals surface area contributed by atoms with Crippen molar-refractivity contribution >= 4 is 34.8 Å². The fraction of sp³-hybridized carbons (Fsp3) is 0.583. The van der Waals surface area contributed by atoms with Crippen LogP contribution in [-0.4, -0.2) is 104 Å². The van der Waals surface area contributed by atoms with E-state index >= 15 is 0 Å². The summed E-state index contributed by atoms with van der Waals surface area (Å²) < 4.78 is 7.22. The van der Waals surface area contributed by atoms with Crippen molar-refractivity contribution in [1.82, 2.24) is 50.5 Å². The Morgan fingerprint density at radius 3 is 2.59 bits per heavy atom. The first-order chi connectivity index (χ1) is 25.1. The predicted octanol–water partition coefficient (Wildman–Crippen LogP) is 3.41. The molecule has 51 heavy (non-hydrogen) atoms. The third-order valence-corrected chi connectivity index (χ3v) is 9.54. The number of fused-ring (bicyclic) bond motifs is 1. The highest BCUT2D eigenvalue weighted by atomic mass is 16.5. The number of imidazole rings is 1. The largest absolute Gasteiger partial charge is 0.461 e. The number of aromatic nitrogens is 7. The van der Waals surface area contributed by atoms with Crippen molar-refractivity contribution in [3.63, 3.8) is 0 Å². The number of nitrogens with zero attached hydrogens (tertiary/aromatic N) is 8. The second kappa shape index (κ2) is 19.1. The van der Waals surface area contributed by atoms with Crippen LogP contribution in [0.1, 0.15) is 75.5 Å². The Kier molecular flexibility index (Phi) is 13.6. The third-order valence-electron chi connectivity index (χ3n) is 9.54. The smallest absolute Gasteiger partial charge is 0.306 e. The number of amides is 1. The number of carbonyl (C=O) groups excluding carboxylic acids is 2. The summed E-state index contributed by atoms with van der Waals surface area (Å²) in [6, 6.07) is 10.3. The van der Waals surface area contributed by atoms with E-state index in [9.17, 15) is 9.59 Å². The number of carbonyl (C=O) groups is 2. The van der Waals surface area contributed by atoms with Crippen molar-refractivity contribution in [2.24, 2.45) is 0 Å². The highest BCUT2D eigenvalue weighted by Gasteiger charge is 2.24. The Hall–Kier alpha value is -4.63. The molecule has 15 heteroatoms. The van der Waals surface area contributed by atoms with Crippen LogP contribution in [0.25, 0.3) is 11.2 Å². The highest BCUT2D eigenvalue weighted by Crippen LogP contribution is 2.22. The van der Waals surface area contributed by atoms with Crippen LogP contribution in [0.4, 0.5) is 11.8 Å². The van der Waals surface area contributed by atoms with Crippen LogP contribution < -0.4 is 20.9 Å². The minimum atomic E-state index is -0.289. The zero-order valence-electron chi connectivity index (χ0n) is 29.6. The summed E-state index contributed by atoms with van der Waals surface area (Å²) >= 11 is 0. The molecule has 1 aliphatic carbocycles. The van der Waals surface area contributed by atoms with E-state index in [1.54, 1.807) is 6.33 Å². The first-order valence-corrected chi connectivity index (χ1v) is 18.6. The third kappa shape index (κ3) is 11.2. The molecule has 274 valence electrons. The number of nitrogens with one attached hydrogen (secondary N) is 4. The molecule has 1 saturated carbocycles. The molecule has 0 unspecified atom stereocenters. The topological polar surface area (TPSA) is 171 Å². The molecule has 1 aliphatic heterocycles. The number of esters is 1. The lowest BCUT2D eigenvalue weighted by atomic mass is 9.95. The Morgan fingerprint density at radius 2 is 1.75 bits per heavy atom. The van der Waals surface area contributed by atoms with E-state index in [2.05, 4.69) is 46.1 Å². The average molecular weight is 701 g/mol. The fourth-order valence-corrected chi connectivity index (χ4v) is 6.62. The first kappa shape index (κ1) is 36.2. The zero-order valence-corrected chi connectivity index (χ0v) is 29.6. The molecule has 1 aromatic carbocycles. The molecule has 6 rings (SSSR count). The molecule has 1 amide bonds. The molecule has 15 nitrogen and oxygen atoms in total. The maximum atomic E-state index is 12.9. The molecule has 1 saturated heterocycles. The standard InChI is InChI=1S/C36H52N12O3/c49-31(14-7-15-32(50)51-26-28-10-3-1-4-11-28)46-20-22-47(23-21-46)36-42-34(33-35(43-36)41-27-40-33)39-24-30-25-48(45-44-30)19-9-17-37-16-8-18-38-29-12-5-2-6-13-29/h1,3-4,10-11,25,27,29,37-38H,2,5-9,12-24,26H2,(H2,39,40,41,42,43). The summed E-state index contributed by atoms with van der Waals surface area (Å²) in [5, 5.41) is 19.3. The van der Waals surface area contributed by atoms with Gasteiger partial charge in [0.1, 0.15) is 17.8 Å². The van der Waals surface area contributed by atoms with Crippen LogP contribution in [0.15, 0.2) is 42.9 Å². The summed E-state index contributed by atoms with van der Waals surface area (Å²) in [6.07, 6.45) is 13.5. The van der Waals surface area contributed by atoms with Gasteiger partial charge in [-0.1, -0.05) is 54.8 Å². The molecule has 4 heterocycles. The number of rotatable bonds is 19. The number of aromatic amines is 1. The van der Waals surface area contributed by atoms with Gasteiger partial charge >= 0.3 is 5.97 Å². The number of hydrogen-bond donors (Lipinski definition) is 4. The van der Waals surface area contributed by atoms with Crippen LogP contribution >= 0.6 is 0 Å². The lowest BCUT2D eigenvalue weighted by molar-refractivity contribution is -0.145. The summed E-state index contributed by atoms with van der Waals surface area (Å²) in [5.74, 6) is 0.953. The number of anilines is 2.